The number of fused-ring (bicyclic) bond motifs is 1. The van der Waals surface area contributed by atoms with E-state index in [1.165, 1.54) is 0 Å². The van der Waals surface area contributed by atoms with Crippen molar-refractivity contribution in [3.05, 3.63) is 40.6 Å². The number of halogens is 1. The van der Waals surface area contributed by atoms with Crippen LogP contribution in [0.3, 0.4) is 0 Å². The molecule has 3 heterocycles. The fourth-order valence-corrected chi connectivity index (χ4v) is 2.76. The molecule has 3 aromatic heterocycles. The van der Waals surface area contributed by atoms with Gasteiger partial charge in [0.05, 0.1) is 17.9 Å². The predicted octanol–water partition coefficient (Wildman–Crippen LogP) is 3.49. The van der Waals surface area contributed by atoms with Gasteiger partial charge in [-0.2, -0.15) is 5.10 Å². The molecular formula is C15H17BrN6. The van der Waals surface area contributed by atoms with Gasteiger partial charge in [0.25, 0.3) is 0 Å². The molecule has 22 heavy (non-hydrogen) atoms. The Hall–Kier alpha value is -2.02. The van der Waals surface area contributed by atoms with Gasteiger partial charge in [0.2, 0.25) is 0 Å². The number of rotatable bonds is 4. The van der Waals surface area contributed by atoms with Crippen LogP contribution in [0.4, 0.5) is 5.69 Å². The van der Waals surface area contributed by atoms with E-state index in [1.54, 1.807) is 12.4 Å². The summed E-state index contributed by atoms with van der Waals surface area (Å²) < 4.78 is 2.78. The number of aromatic nitrogens is 5. The van der Waals surface area contributed by atoms with Crippen LogP contribution in [0, 0.1) is 6.92 Å². The summed E-state index contributed by atoms with van der Waals surface area (Å²) in [6, 6.07) is 4.03. The minimum absolute atomic E-state index is 0.257. The molecule has 0 bridgehead atoms. The maximum Gasteiger partial charge on any atom is 0.147 e. The van der Waals surface area contributed by atoms with Gasteiger partial charge in [0.1, 0.15) is 21.5 Å². The van der Waals surface area contributed by atoms with Gasteiger partial charge in [-0.15, -0.1) is 0 Å². The van der Waals surface area contributed by atoms with E-state index < -0.39 is 0 Å². The molecule has 0 saturated carbocycles. The Kier molecular flexibility index (Phi) is 4.06. The molecule has 3 aromatic rings. The van der Waals surface area contributed by atoms with Crippen LogP contribution in [0.15, 0.2) is 29.1 Å². The normalized spacial score (nSPS) is 11.3. The van der Waals surface area contributed by atoms with Gasteiger partial charge in [0, 0.05) is 18.4 Å². The zero-order valence-electron chi connectivity index (χ0n) is 12.7. The summed E-state index contributed by atoms with van der Waals surface area (Å²) in [4.78, 5) is 13.0. The summed E-state index contributed by atoms with van der Waals surface area (Å²) in [6.45, 7) is 6.75. The Balaban J connectivity index is 2.04. The molecule has 0 unspecified atom stereocenters. The molecule has 3 rings (SSSR count). The Labute approximate surface area is 137 Å². The number of anilines is 1. The van der Waals surface area contributed by atoms with Crippen molar-refractivity contribution in [2.75, 3.05) is 5.32 Å². The summed E-state index contributed by atoms with van der Waals surface area (Å²) in [6.07, 6.45) is 3.48. The molecule has 0 aliphatic carbocycles. The number of nitrogens with one attached hydrogen (secondary N) is 1. The second-order valence-electron chi connectivity index (χ2n) is 5.33. The number of nitrogens with zero attached hydrogens (tertiary/aromatic N) is 5. The van der Waals surface area contributed by atoms with Crippen LogP contribution >= 0.6 is 15.9 Å². The van der Waals surface area contributed by atoms with Gasteiger partial charge in [-0.3, -0.25) is 4.68 Å². The van der Waals surface area contributed by atoms with E-state index in [0.29, 0.717) is 6.54 Å². The lowest BCUT2D eigenvalue weighted by atomic mass is 10.2. The second-order valence-corrected chi connectivity index (χ2v) is 6.14. The summed E-state index contributed by atoms with van der Waals surface area (Å²) >= 11 is 3.47. The minimum atomic E-state index is 0.257. The zero-order valence-corrected chi connectivity index (χ0v) is 14.3. The van der Waals surface area contributed by atoms with E-state index in [4.69, 9.17) is 0 Å². The molecule has 6 nitrogen and oxygen atoms in total. The summed E-state index contributed by atoms with van der Waals surface area (Å²) in [7, 11) is 0. The molecule has 0 aromatic carbocycles. The molecule has 0 aliphatic rings. The molecule has 1 N–H and O–H groups in total. The number of hydrogen-bond donors (Lipinski definition) is 1. The van der Waals surface area contributed by atoms with Crippen LogP contribution in [0.2, 0.25) is 0 Å². The van der Waals surface area contributed by atoms with Gasteiger partial charge in [-0.1, -0.05) is 0 Å². The summed E-state index contributed by atoms with van der Waals surface area (Å²) in [5.74, 6) is 0.746. The lowest BCUT2D eigenvalue weighted by Gasteiger charge is -2.12. The maximum atomic E-state index is 4.61. The SMILES string of the molecule is Cc1nn(C(C)C)c2c(NCc3ncccn3)cc(Br)nc12. The number of aryl methyl sites for hydroxylation is 1. The molecule has 0 amide bonds. The molecule has 0 atom stereocenters. The van der Waals surface area contributed by atoms with Crippen LogP contribution in [0.1, 0.15) is 31.4 Å². The van der Waals surface area contributed by atoms with Gasteiger partial charge in [-0.05, 0) is 48.8 Å². The van der Waals surface area contributed by atoms with Crippen molar-refractivity contribution >= 4 is 32.7 Å². The topological polar surface area (TPSA) is 68.5 Å². The lowest BCUT2D eigenvalue weighted by molar-refractivity contribution is 0.547. The highest BCUT2D eigenvalue weighted by Crippen LogP contribution is 2.29. The number of pyridine rings is 1. The van der Waals surface area contributed by atoms with Crippen molar-refractivity contribution in [1.82, 2.24) is 24.7 Å². The van der Waals surface area contributed by atoms with Gasteiger partial charge < -0.3 is 5.32 Å². The molecular weight excluding hydrogens is 344 g/mol. The number of hydrogen-bond acceptors (Lipinski definition) is 5. The Bertz CT molecular complexity index is 797. The third kappa shape index (κ3) is 2.81. The van der Waals surface area contributed by atoms with E-state index in [2.05, 4.69) is 55.1 Å². The molecule has 0 spiro atoms. The van der Waals surface area contributed by atoms with E-state index in [0.717, 1.165) is 32.8 Å². The monoisotopic (exact) mass is 360 g/mol. The van der Waals surface area contributed by atoms with Gasteiger partial charge >= 0.3 is 0 Å². The average Bonchev–Trinajstić information content (AvgIpc) is 2.83. The van der Waals surface area contributed by atoms with Crippen molar-refractivity contribution < 1.29 is 0 Å². The molecule has 114 valence electrons. The van der Waals surface area contributed by atoms with Crippen LogP contribution in [0.5, 0.6) is 0 Å². The third-order valence-corrected chi connectivity index (χ3v) is 3.74. The van der Waals surface area contributed by atoms with Crippen molar-refractivity contribution in [3.8, 4) is 0 Å². The smallest absolute Gasteiger partial charge is 0.147 e. The minimum Gasteiger partial charge on any atom is -0.376 e. The Morgan fingerprint density at radius 2 is 2.00 bits per heavy atom. The first-order valence-corrected chi connectivity index (χ1v) is 7.90. The maximum absolute atomic E-state index is 4.61. The van der Waals surface area contributed by atoms with E-state index in [-0.39, 0.29) is 6.04 Å². The van der Waals surface area contributed by atoms with Crippen molar-refractivity contribution in [1.29, 1.82) is 0 Å². The van der Waals surface area contributed by atoms with Crippen LogP contribution < -0.4 is 5.32 Å². The van der Waals surface area contributed by atoms with Crippen molar-refractivity contribution in [2.45, 2.75) is 33.4 Å². The quantitative estimate of drug-likeness (QED) is 0.721. The predicted molar refractivity (Wildman–Crippen MR) is 89.7 cm³/mol. The highest BCUT2D eigenvalue weighted by molar-refractivity contribution is 9.10. The fourth-order valence-electron chi connectivity index (χ4n) is 2.35. The van der Waals surface area contributed by atoms with Crippen LogP contribution in [-0.4, -0.2) is 24.7 Å². The standard InChI is InChI=1S/C15H17BrN6/c1-9(2)22-15-11(19-8-13-17-5-4-6-18-13)7-12(16)20-14(15)10(3)21-22/h4-7,9H,8H2,1-3H3,(H,19,20). The van der Waals surface area contributed by atoms with Gasteiger partial charge in [0.15, 0.2) is 0 Å². The molecule has 0 radical (unpaired) electrons. The highest BCUT2D eigenvalue weighted by Gasteiger charge is 2.16. The van der Waals surface area contributed by atoms with E-state index in [1.807, 2.05) is 23.7 Å². The van der Waals surface area contributed by atoms with Crippen LogP contribution in [0.25, 0.3) is 11.0 Å². The zero-order chi connectivity index (χ0) is 15.7. The lowest BCUT2D eigenvalue weighted by Crippen LogP contribution is -2.08. The summed E-state index contributed by atoms with van der Waals surface area (Å²) in [5, 5.41) is 8.01. The van der Waals surface area contributed by atoms with E-state index in [9.17, 15) is 0 Å². The first-order valence-electron chi connectivity index (χ1n) is 7.11. The molecule has 0 saturated heterocycles. The third-order valence-electron chi connectivity index (χ3n) is 3.34. The van der Waals surface area contributed by atoms with Gasteiger partial charge in [-0.25, -0.2) is 15.0 Å². The summed E-state index contributed by atoms with van der Waals surface area (Å²) in [5.41, 5.74) is 3.80. The second kappa shape index (κ2) is 6.00. The van der Waals surface area contributed by atoms with Crippen molar-refractivity contribution in [2.24, 2.45) is 0 Å². The van der Waals surface area contributed by atoms with Crippen LogP contribution in [-0.2, 0) is 6.54 Å². The van der Waals surface area contributed by atoms with E-state index >= 15 is 0 Å². The molecule has 7 heteroatoms. The molecule has 0 fully saturated rings. The van der Waals surface area contributed by atoms with Crippen molar-refractivity contribution in [3.63, 3.8) is 0 Å². The highest BCUT2D eigenvalue weighted by atomic mass is 79.9. The first kappa shape index (κ1) is 14.9. The Morgan fingerprint density at radius 1 is 1.27 bits per heavy atom. The molecule has 0 aliphatic heterocycles. The largest absolute Gasteiger partial charge is 0.376 e. The first-order chi connectivity index (χ1) is 10.6. The fraction of sp³-hybridized carbons (Fsp3) is 0.333. The Morgan fingerprint density at radius 3 is 2.68 bits per heavy atom. The average molecular weight is 361 g/mol.